The molecule has 1 heterocycles. The van der Waals surface area contributed by atoms with E-state index in [-0.39, 0.29) is 0 Å². The van der Waals surface area contributed by atoms with Crippen molar-refractivity contribution in [3.8, 4) is 34.7 Å². The monoisotopic (exact) mass is 429 g/mol. The number of hydrogen-bond acceptors (Lipinski definition) is 5. The van der Waals surface area contributed by atoms with E-state index in [9.17, 15) is 5.26 Å². The summed E-state index contributed by atoms with van der Waals surface area (Å²) >= 11 is 2.91. The van der Waals surface area contributed by atoms with E-state index in [4.69, 9.17) is 33.9 Å². The molecule has 1 aromatic heterocycles. The van der Waals surface area contributed by atoms with Crippen molar-refractivity contribution < 1.29 is 33.9 Å². The number of nitriles is 1. The molecule has 0 saturated heterocycles. The maximum Gasteiger partial charge on any atom is 0.258 e. The molecular formula is C20H18BrN3O2. The van der Waals surface area contributed by atoms with E-state index in [0.717, 1.165) is 0 Å². The fraction of sp³-hybridized carbons (Fsp3) is 0.250. The molecule has 0 radical (unpaired) electrons. The van der Waals surface area contributed by atoms with Gasteiger partial charge in [0.1, 0.15) is 11.8 Å². The lowest BCUT2D eigenvalue weighted by Crippen LogP contribution is -2.06. The molecule has 0 saturated carbocycles. The summed E-state index contributed by atoms with van der Waals surface area (Å²) < 4.78 is 152. The highest BCUT2D eigenvalue weighted by atomic mass is 79.9. The minimum absolute atomic E-state index is 0.507. The second kappa shape index (κ2) is 7.71. The molecule has 0 aliphatic carbocycles. The summed E-state index contributed by atoms with van der Waals surface area (Å²) in [5, 5.41) is 13.3. The van der Waals surface area contributed by atoms with Crippen LogP contribution >= 0.6 is 15.9 Å². The van der Waals surface area contributed by atoms with Crippen LogP contribution in [0, 0.1) is 11.3 Å². The van der Waals surface area contributed by atoms with Crippen molar-refractivity contribution in [2.75, 3.05) is 0 Å². The van der Waals surface area contributed by atoms with Crippen LogP contribution in [0.5, 0.6) is 5.75 Å². The lowest BCUT2D eigenvalue weighted by Gasteiger charge is -2.11. The Morgan fingerprint density at radius 2 is 2.35 bits per heavy atom. The van der Waals surface area contributed by atoms with Crippen LogP contribution in [0.1, 0.15) is 56.4 Å². The van der Waals surface area contributed by atoms with E-state index < -0.39 is 113 Å². The minimum Gasteiger partial charge on any atom is -0.490 e. The SMILES string of the molecule is [2H]c1c([2H])c(Br)c(C([2H])([2H])C([2H])([2H])[2H])c(-c2noc(-c3c([2H])c([2H])c(OC([2H])(C([2H])([2H])[2H])C([2H])([2H])[2H])c(C#N)c3[2H])n2)c1[2H]. The Balaban J connectivity index is 2.35. The van der Waals surface area contributed by atoms with Crippen LogP contribution in [-0.2, 0) is 6.37 Å². The molecule has 0 amide bonds. The third kappa shape index (κ3) is 3.63. The van der Waals surface area contributed by atoms with Crippen molar-refractivity contribution in [3.05, 3.63) is 51.9 Å². The zero-order valence-corrected chi connectivity index (χ0v) is 14.1. The van der Waals surface area contributed by atoms with Gasteiger partial charge in [-0.2, -0.15) is 10.2 Å². The van der Waals surface area contributed by atoms with Crippen molar-refractivity contribution in [1.29, 1.82) is 5.26 Å². The van der Waals surface area contributed by atoms with Crippen LogP contribution in [-0.4, -0.2) is 16.2 Å². The van der Waals surface area contributed by atoms with Gasteiger partial charge in [0.25, 0.3) is 5.89 Å². The van der Waals surface area contributed by atoms with Crippen LogP contribution in [0.15, 0.2) is 45.3 Å². The van der Waals surface area contributed by atoms with Gasteiger partial charge in [0, 0.05) is 30.7 Å². The molecule has 0 aliphatic heterocycles. The van der Waals surface area contributed by atoms with E-state index in [2.05, 4.69) is 26.1 Å². The van der Waals surface area contributed by atoms with E-state index in [1.807, 2.05) is 0 Å². The summed E-state index contributed by atoms with van der Waals surface area (Å²) in [5.74, 6) is -2.72. The van der Waals surface area contributed by atoms with Crippen molar-refractivity contribution in [2.45, 2.75) is 33.0 Å². The second-order valence-corrected chi connectivity index (χ2v) is 5.28. The van der Waals surface area contributed by atoms with Crippen LogP contribution in [0.25, 0.3) is 22.8 Å². The molecule has 5 nitrogen and oxygen atoms in total. The lowest BCUT2D eigenvalue weighted by atomic mass is 10.0. The molecule has 26 heavy (non-hydrogen) atoms. The van der Waals surface area contributed by atoms with Gasteiger partial charge in [-0.25, -0.2) is 0 Å². The quantitative estimate of drug-likeness (QED) is 0.543. The molecule has 0 spiro atoms. The smallest absolute Gasteiger partial charge is 0.258 e. The summed E-state index contributed by atoms with van der Waals surface area (Å²) in [5.41, 5.74) is -3.25. The van der Waals surface area contributed by atoms with Crippen molar-refractivity contribution in [1.82, 2.24) is 10.1 Å². The van der Waals surface area contributed by atoms with Crippen LogP contribution in [0.3, 0.4) is 0 Å². The number of benzene rings is 2. The molecule has 0 unspecified atom stereocenters. The molecular weight excluding hydrogens is 394 g/mol. The zero-order chi connectivity index (χ0) is 34.1. The standard InChI is InChI=1S/C20H18BrN3O2/c1-4-15-16(6-5-7-17(15)21)19-23-20(26-24-19)13-8-9-18(25-12(2)3)14(10-13)11-22/h5-10,12H,4H2,1-3H3/i1D3,2D3,3D3,4D2,5D,6D,7D,8D,9D,10D,12D. The normalized spacial score (nSPS) is 23.2. The predicted octanol–water partition coefficient (Wildman–Crippen LogP) is 5.39. The lowest BCUT2D eigenvalue weighted by molar-refractivity contribution is 0.242. The Hall–Kier alpha value is -2.65. The number of halogens is 1. The molecule has 132 valence electrons. The van der Waals surface area contributed by atoms with Crippen LogP contribution in [0.4, 0.5) is 0 Å². The topological polar surface area (TPSA) is 71.9 Å². The Bertz CT molecular complexity index is 1670. The number of hydrogen-bond donors (Lipinski definition) is 0. The summed E-state index contributed by atoms with van der Waals surface area (Å²) in [7, 11) is 0. The van der Waals surface area contributed by atoms with Crippen molar-refractivity contribution in [3.63, 3.8) is 0 Å². The molecule has 3 aromatic rings. The van der Waals surface area contributed by atoms with Gasteiger partial charge >= 0.3 is 0 Å². The molecule has 0 bridgehead atoms. The van der Waals surface area contributed by atoms with E-state index in [0.29, 0.717) is 0 Å². The first-order chi connectivity index (χ1) is 19.8. The van der Waals surface area contributed by atoms with Crippen LogP contribution in [0.2, 0.25) is 0 Å². The van der Waals surface area contributed by atoms with Gasteiger partial charge in [-0.3, -0.25) is 0 Å². The van der Waals surface area contributed by atoms with Gasteiger partial charge in [0.05, 0.1) is 21.2 Å². The van der Waals surface area contributed by atoms with Gasteiger partial charge in [-0.05, 0) is 49.8 Å². The average molecular weight is 430 g/mol. The Kier molecular flexibility index (Phi) is 1.84. The van der Waals surface area contributed by atoms with Crippen molar-refractivity contribution in [2.24, 2.45) is 0 Å². The minimum atomic E-state index is -3.73. The number of nitrogens with zero attached hydrogens (tertiary/aromatic N) is 3. The van der Waals surface area contributed by atoms with Crippen molar-refractivity contribution >= 4 is 15.9 Å². The number of rotatable bonds is 5. The largest absolute Gasteiger partial charge is 0.490 e. The molecule has 2 aromatic carbocycles. The summed E-state index contributed by atoms with van der Waals surface area (Å²) in [6.07, 6.45) is -6.98. The highest BCUT2D eigenvalue weighted by molar-refractivity contribution is 9.10. The van der Waals surface area contributed by atoms with Gasteiger partial charge in [0.15, 0.2) is 0 Å². The van der Waals surface area contributed by atoms with Gasteiger partial charge < -0.3 is 9.26 Å². The molecule has 0 fully saturated rings. The number of aromatic nitrogens is 2. The average Bonchev–Trinajstić information content (AvgIpc) is 3.35. The van der Waals surface area contributed by atoms with Gasteiger partial charge in [-0.15, -0.1) is 0 Å². The zero-order valence-electron chi connectivity index (χ0n) is 30.5. The first-order valence-electron chi connectivity index (χ1n) is 15.6. The molecule has 0 aliphatic rings. The molecule has 0 atom stereocenters. The number of ether oxygens (including phenoxy) is 1. The summed E-state index contributed by atoms with van der Waals surface area (Å²) in [6, 6.07) is -4.14. The maximum absolute atomic E-state index is 9.73. The Morgan fingerprint density at radius 3 is 3.12 bits per heavy atom. The van der Waals surface area contributed by atoms with E-state index >= 15 is 0 Å². The first-order valence-corrected chi connectivity index (χ1v) is 7.42. The maximum atomic E-state index is 9.73. The molecule has 3 rings (SSSR count). The fourth-order valence-corrected chi connectivity index (χ4v) is 2.25. The second-order valence-electron chi connectivity index (χ2n) is 4.48. The highest BCUT2D eigenvalue weighted by Crippen LogP contribution is 2.31. The predicted molar refractivity (Wildman–Crippen MR) is 103 cm³/mol. The Labute approximate surface area is 186 Å². The fourth-order valence-electron chi connectivity index (χ4n) is 1.85. The third-order valence-corrected chi connectivity index (χ3v) is 3.51. The van der Waals surface area contributed by atoms with E-state index in [1.165, 1.54) is 6.07 Å². The van der Waals surface area contributed by atoms with Gasteiger partial charge in [-0.1, -0.05) is 40.0 Å². The summed E-state index contributed by atoms with van der Waals surface area (Å²) in [4.78, 5) is 3.90. The highest BCUT2D eigenvalue weighted by Gasteiger charge is 2.16. The molecule has 6 heteroatoms. The van der Waals surface area contributed by atoms with Gasteiger partial charge in [0.2, 0.25) is 5.82 Å². The van der Waals surface area contributed by atoms with Crippen LogP contribution < -0.4 is 4.74 Å². The Morgan fingerprint density at radius 1 is 1.46 bits per heavy atom. The summed E-state index contributed by atoms with van der Waals surface area (Å²) in [6.45, 7) is -10.7. The molecule has 0 N–H and O–H groups in total. The van der Waals surface area contributed by atoms with E-state index in [1.54, 1.807) is 0 Å². The third-order valence-electron chi connectivity index (χ3n) is 2.91. The first kappa shape index (κ1) is 6.21.